The summed E-state index contributed by atoms with van der Waals surface area (Å²) in [4.78, 5) is 10.7. The smallest absolute Gasteiger partial charge is 0.230 e. The number of carbonyl (C=O) groups excluding carboxylic acids is 1. The molecule has 0 saturated carbocycles. The second kappa shape index (κ2) is 6.51. The first-order valence-electron chi connectivity index (χ1n) is 5.34. The van der Waals surface area contributed by atoms with Gasteiger partial charge in [0.2, 0.25) is 5.91 Å². The van der Waals surface area contributed by atoms with Gasteiger partial charge in [-0.2, -0.15) is 0 Å². The number of aryl methyl sites for hydroxylation is 1. The van der Waals surface area contributed by atoms with E-state index in [9.17, 15) is 4.79 Å². The fourth-order valence-electron chi connectivity index (χ4n) is 1.33. The van der Waals surface area contributed by atoms with Crippen LogP contribution in [0.1, 0.15) is 25.8 Å². The van der Waals surface area contributed by atoms with Crippen LogP contribution in [0, 0.1) is 0 Å². The Kier molecular flexibility index (Phi) is 5.29. The van der Waals surface area contributed by atoms with Crippen LogP contribution in [0.2, 0.25) is 5.02 Å². The number of hydrogen-bond donors (Lipinski definition) is 2. The van der Waals surface area contributed by atoms with Crippen LogP contribution in [-0.4, -0.2) is 11.9 Å². The molecule has 1 unspecified atom stereocenters. The van der Waals surface area contributed by atoms with Gasteiger partial charge in [0.25, 0.3) is 0 Å². The molecule has 4 heteroatoms. The van der Waals surface area contributed by atoms with Gasteiger partial charge >= 0.3 is 0 Å². The zero-order chi connectivity index (χ0) is 12.0. The van der Waals surface area contributed by atoms with Crippen LogP contribution in [0.4, 0.5) is 0 Å². The topological polar surface area (TPSA) is 41.1 Å². The summed E-state index contributed by atoms with van der Waals surface area (Å²) in [6, 6.07) is 8.08. The first kappa shape index (κ1) is 13.0. The zero-order valence-electron chi connectivity index (χ0n) is 9.59. The van der Waals surface area contributed by atoms with Crippen LogP contribution in [0.15, 0.2) is 24.3 Å². The van der Waals surface area contributed by atoms with Gasteiger partial charge in [-0.25, -0.2) is 5.43 Å². The standard InChI is InChI=1S/C12H17ClN2O/c1-9(14-15-10(2)16)3-4-11-5-7-12(13)8-6-11/h5-9,14H,3-4H2,1-2H3,(H,15,16). The molecule has 88 valence electrons. The van der Waals surface area contributed by atoms with Crippen molar-refractivity contribution in [2.24, 2.45) is 0 Å². The van der Waals surface area contributed by atoms with E-state index < -0.39 is 0 Å². The van der Waals surface area contributed by atoms with Gasteiger partial charge in [0.1, 0.15) is 0 Å². The second-order valence-corrected chi connectivity index (χ2v) is 4.33. The lowest BCUT2D eigenvalue weighted by molar-refractivity contribution is -0.120. The van der Waals surface area contributed by atoms with Gasteiger partial charge in [0.05, 0.1) is 0 Å². The Morgan fingerprint density at radius 3 is 2.56 bits per heavy atom. The molecule has 1 aromatic rings. The molecular weight excluding hydrogens is 224 g/mol. The van der Waals surface area contributed by atoms with Gasteiger partial charge < -0.3 is 0 Å². The van der Waals surface area contributed by atoms with E-state index in [0.29, 0.717) is 0 Å². The van der Waals surface area contributed by atoms with Gasteiger partial charge in [0.15, 0.2) is 0 Å². The van der Waals surface area contributed by atoms with Crippen molar-refractivity contribution in [2.45, 2.75) is 32.7 Å². The minimum Gasteiger partial charge on any atom is -0.292 e. The van der Waals surface area contributed by atoms with E-state index in [1.807, 2.05) is 31.2 Å². The van der Waals surface area contributed by atoms with Crippen molar-refractivity contribution in [3.05, 3.63) is 34.9 Å². The minimum absolute atomic E-state index is 0.0710. The lowest BCUT2D eigenvalue weighted by Crippen LogP contribution is -2.41. The fourth-order valence-corrected chi connectivity index (χ4v) is 1.46. The number of benzene rings is 1. The van der Waals surface area contributed by atoms with Gasteiger partial charge in [-0.3, -0.25) is 10.2 Å². The Hall–Kier alpha value is -1.06. The van der Waals surface area contributed by atoms with Crippen LogP contribution in [0.3, 0.4) is 0 Å². The quantitative estimate of drug-likeness (QED) is 0.776. The molecule has 0 spiro atoms. The van der Waals surface area contributed by atoms with E-state index >= 15 is 0 Å². The highest BCUT2D eigenvalue weighted by Crippen LogP contribution is 2.11. The Bertz CT molecular complexity index is 337. The Morgan fingerprint density at radius 1 is 1.38 bits per heavy atom. The molecule has 0 fully saturated rings. The first-order chi connectivity index (χ1) is 7.58. The summed E-state index contributed by atoms with van der Waals surface area (Å²) in [5, 5.41) is 0.758. The maximum Gasteiger partial charge on any atom is 0.230 e. The normalized spacial score (nSPS) is 12.2. The molecule has 1 amide bonds. The van der Waals surface area contributed by atoms with Crippen LogP contribution < -0.4 is 10.9 Å². The van der Waals surface area contributed by atoms with E-state index in [1.54, 1.807) is 0 Å². The number of carbonyl (C=O) groups is 1. The Labute approximate surface area is 101 Å². The van der Waals surface area contributed by atoms with Crippen LogP contribution >= 0.6 is 11.6 Å². The molecule has 3 nitrogen and oxygen atoms in total. The predicted octanol–water partition coefficient (Wildman–Crippen LogP) is 2.30. The lowest BCUT2D eigenvalue weighted by atomic mass is 10.1. The van der Waals surface area contributed by atoms with Crippen LogP contribution in [0.25, 0.3) is 0 Å². The molecule has 0 aromatic heterocycles. The fraction of sp³-hybridized carbons (Fsp3) is 0.417. The molecule has 0 heterocycles. The van der Waals surface area contributed by atoms with Crippen LogP contribution in [-0.2, 0) is 11.2 Å². The molecule has 1 atom stereocenters. The average molecular weight is 241 g/mol. The summed E-state index contributed by atoms with van der Waals surface area (Å²) in [5.41, 5.74) is 6.77. The number of nitrogens with one attached hydrogen (secondary N) is 2. The molecule has 0 aliphatic rings. The Morgan fingerprint density at radius 2 is 2.00 bits per heavy atom. The average Bonchev–Trinajstić information content (AvgIpc) is 2.25. The predicted molar refractivity (Wildman–Crippen MR) is 66.2 cm³/mol. The maximum atomic E-state index is 10.7. The van der Waals surface area contributed by atoms with Crippen molar-refractivity contribution in [2.75, 3.05) is 0 Å². The first-order valence-corrected chi connectivity index (χ1v) is 5.72. The summed E-state index contributed by atoms with van der Waals surface area (Å²) >= 11 is 5.80. The van der Waals surface area contributed by atoms with Gasteiger partial charge in [-0.15, -0.1) is 0 Å². The molecule has 0 radical (unpaired) electrons. The molecule has 0 bridgehead atoms. The summed E-state index contributed by atoms with van der Waals surface area (Å²) in [6.07, 6.45) is 1.92. The number of hydrazine groups is 1. The largest absolute Gasteiger partial charge is 0.292 e. The molecule has 2 N–H and O–H groups in total. The summed E-state index contributed by atoms with van der Waals surface area (Å²) in [5.74, 6) is -0.0710. The highest BCUT2D eigenvalue weighted by Gasteiger charge is 2.02. The van der Waals surface area contributed by atoms with Crippen molar-refractivity contribution < 1.29 is 4.79 Å². The third-order valence-electron chi connectivity index (χ3n) is 2.27. The molecule has 0 aliphatic carbocycles. The molecule has 1 aromatic carbocycles. The SMILES string of the molecule is CC(=O)NNC(C)CCc1ccc(Cl)cc1. The lowest BCUT2D eigenvalue weighted by Gasteiger charge is -2.13. The second-order valence-electron chi connectivity index (χ2n) is 3.89. The maximum absolute atomic E-state index is 10.7. The van der Waals surface area contributed by atoms with E-state index in [-0.39, 0.29) is 11.9 Å². The van der Waals surface area contributed by atoms with E-state index in [1.165, 1.54) is 12.5 Å². The molecular formula is C12H17ClN2O. The Balaban J connectivity index is 2.28. The number of rotatable bonds is 5. The molecule has 1 rings (SSSR count). The zero-order valence-corrected chi connectivity index (χ0v) is 10.3. The number of hydrogen-bond acceptors (Lipinski definition) is 2. The van der Waals surface area contributed by atoms with E-state index in [2.05, 4.69) is 10.9 Å². The van der Waals surface area contributed by atoms with E-state index in [0.717, 1.165) is 17.9 Å². The van der Waals surface area contributed by atoms with Crippen molar-refractivity contribution in [1.82, 2.24) is 10.9 Å². The highest BCUT2D eigenvalue weighted by molar-refractivity contribution is 6.30. The van der Waals surface area contributed by atoms with Gasteiger partial charge in [-0.1, -0.05) is 23.7 Å². The third-order valence-corrected chi connectivity index (χ3v) is 2.53. The number of halogens is 1. The van der Waals surface area contributed by atoms with Crippen molar-refractivity contribution in [3.63, 3.8) is 0 Å². The summed E-state index contributed by atoms with van der Waals surface area (Å²) in [7, 11) is 0. The molecule has 0 saturated heterocycles. The van der Waals surface area contributed by atoms with Gasteiger partial charge in [-0.05, 0) is 37.5 Å². The van der Waals surface area contributed by atoms with Gasteiger partial charge in [0, 0.05) is 18.0 Å². The van der Waals surface area contributed by atoms with Crippen molar-refractivity contribution >= 4 is 17.5 Å². The summed E-state index contributed by atoms with van der Waals surface area (Å²) < 4.78 is 0. The third kappa shape index (κ3) is 5.14. The monoisotopic (exact) mass is 240 g/mol. The van der Waals surface area contributed by atoms with Crippen molar-refractivity contribution in [1.29, 1.82) is 0 Å². The number of amides is 1. The minimum atomic E-state index is -0.0710. The molecule has 0 aliphatic heterocycles. The van der Waals surface area contributed by atoms with Crippen molar-refractivity contribution in [3.8, 4) is 0 Å². The molecule has 16 heavy (non-hydrogen) atoms. The van der Waals surface area contributed by atoms with E-state index in [4.69, 9.17) is 11.6 Å². The van der Waals surface area contributed by atoms with Crippen LogP contribution in [0.5, 0.6) is 0 Å². The summed E-state index contributed by atoms with van der Waals surface area (Å²) in [6.45, 7) is 3.52. The highest BCUT2D eigenvalue weighted by atomic mass is 35.5.